The molecule has 1 rings (SSSR count). The van der Waals surface area contributed by atoms with Gasteiger partial charge in [0.15, 0.2) is 0 Å². The van der Waals surface area contributed by atoms with Gasteiger partial charge >= 0.3 is 0 Å². The van der Waals surface area contributed by atoms with E-state index in [2.05, 4.69) is 20.9 Å². The number of hydrogen-bond acceptors (Lipinski definition) is 1. The second kappa shape index (κ2) is 5.59. The molecular weight excluding hydrogens is 296 g/mol. The van der Waals surface area contributed by atoms with Gasteiger partial charge in [0.25, 0.3) is 6.43 Å². The quantitative estimate of drug-likeness (QED) is 0.762. The van der Waals surface area contributed by atoms with Crippen LogP contribution in [0.15, 0.2) is 18.3 Å². The van der Waals surface area contributed by atoms with E-state index in [1.807, 2.05) is 0 Å². The molecule has 0 amide bonds. The molecule has 1 nitrogen and oxygen atoms in total. The summed E-state index contributed by atoms with van der Waals surface area (Å²) in [6, 6.07) is 2.96. The van der Waals surface area contributed by atoms with Crippen molar-refractivity contribution in [3.8, 4) is 0 Å². The summed E-state index contributed by atoms with van der Waals surface area (Å²) in [5, 5.41) is 0.642. The minimum absolute atomic E-state index is 0. The second-order valence-electron chi connectivity index (χ2n) is 2.03. The number of pyridine rings is 1. The highest BCUT2D eigenvalue weighted by Crippen LogP contribution is 2.16. The van der Waals surface area contributed by atoms with Crippen LogP contribution in [0.25, 0.3) is 0 Å². The third-order valence-corrected chi connectivity index (χ3v) is 1.87. The van der Waals surface area contributed by atoms with E-state index >= 15 is 0 Å². The van der Waals surface area contributed by atoms with Crippen LogP contribution in [-0.4, -0.2) is 4.98 Å². The molecule has 5 heteroatoms. The summed E-state index contributed by atoms with van der Waals surface area (Å²) < 4.78 is 23.9. The van der Waals surface area contributed by atoms with Crippen LogP contribution in [0.3, 0.4) is 0 Å². The molecule has 0 aliphatic heterocycles. The van der Waals surface area contributed by atoms with Gasteiger partial charge in [0.05, 0.1) is 0 Å². The van der Waals surface area contributed by atoms with Crippen LogP contribution in [-0.2, 0) is 5.33 Å². The highest BCUT2D eigenvalue weighted by molar-refractivity contribution is 9.08. The Morgan fingerprint density at radius 2 is 2.08 bits per heavy atom. The molecule has 0 unspecified atom stereocenters. The van der Waals surface area contributed by atoms with Crippen LogP contribution < -0.4 is 0 Å². The predicted octanol–water partition coefficient (Wildman–Crippen LogP) is 3.49. The van der Waals surface area contributed by atoms with E-state index in [1.165, 1.54) is 12.3 Å². The van der Waals surface area contributed by atoms with E-state index in [1.54, 1.807) is 6.07 Å². The van der Waals surface area contributed by atoms with E-state index in [4.69, 9.17) is 0 Å². The Morgan fingerprint density at radius 1 is 1.42 bits per heavy atom. The molecule has 68 valence electrons. The fraction of sp³-hybridized carbons (Fsp3) is 0.286. The fourth-order valence-electron chi connectivity index (χ4n) is 0.644. The summed E-state index contributed by atoms with van der Waals surface area (Å²) in [7, 11) is 0. The lowest BCUT2D eigenvalue weighted by atomic mass is 10.3. The molecule has 0 fully saturated rings. The molecule has 1 aromatic rings. The molecule has 1 aromatic heterocycles. The monoisotopic (exact) mass is 301 g/mol. The maximum Gasteiger partial charge on any atom is 0.280 e. The molecule has 0 aliphatic carbocycles. The molecule has 0 spiro atoms. The Morgan fingerprint density at radius 3 is 2.42 bits per heavy atom. The van der Waals surface area contributed by atoms with Gasteiger partial charge in [-0.25, -0.2) is 8.78 Å². The Hall–Kier alpha value is -0.0300. The predicted molar refractivity (Wildman–Crippen MR) is 52.1 cm³/mol. The summed E-state index contributed by atoms with van der Waals surface area (Å²) in [6.45, 7) is 0. The van der Waals surface area contributed by atoms with Crippen molar-refractivity contribution >= 4 is 32.9 Å². The first kappa shape index (κ1) is 12.0. The van der Waals surface area contributed by atoms with E-state index in [-0.39, 0.29) is 22.7 Å². The van der Waals surface area contributed by atoms with Gasteiger partial charge in [-0.05, 0) is 11.6 Å². The molecule has 0 saturated carbocycles. The first-order valence-electron chi connectivity index (χ1n) is 3.03. The van der Waals surface area contributed by atoms with Gasteiger partial charge in [-0.15, -0.1) is 17.0 Å². The van der Waals surface area contributed by atoms with Gasteiger partial charge in [-0.3, -0.25) is 4.98 Å². The zero-order chi connectivity index (χ0) is 8.27. The molecular formula is C7H7Br2F2N. The largest absolute Gasteiger partial charge is 0.280 e. The van der Waals surface area contributed by atoms with Crippen LogP contribution >= 0.6 is 32.9 Å². The number of aromatic nitrogens is 1. The van der Waals surface area contributed by atoms with Crippen molar-refractivity contribution in [2.24, 2.45) is 0 Å². The Bertz CT molecular complexity index is 225. The smallest absolute Gasteiger partial charge is 0.255 e. The van der Waals surface area contributed by atoms with Gasteiger partial charge in [0.1, 0.15) is 5.69 Å². The average molecular weight is 303 g/mol. The van der Waals surface area contributed by atoms with Gasteiger partial charge in [0, 0.05) is 11.5 Å². The zero-order valence-corrected chi connectivity index (χ0v) is 9.30. The van der Waals surface area contributed by atoms with Crippen molar-refractivity contribution in [2.75, 3.05) is 0 Å². The Balaban J connectivity index is 0.00000121. The summed E-state index contributed by atoms with van der Waals surface area (Å²) in [4.78, 5) is 3.57. The topological polar surface area (TPSA) is 12.9 Å². The lowest BCUT2D eigenvalue weighted by Crippen LogP contribution is -1.89. The average Bonchev–Trinajstić information content (AvgIpc) is 2.05. The van der Waals surface area contributed by atoms with Crippen LogP contribution in [0.1, 0.15) is 17.7 Å². The zero-order valence-electron chi connectivity index (χ0n) is 6.01. The van der Waals surface area contributed by atoms with Crippen LogP contribution in [0, 0.1) is 0 Å². The highest BCUT2D eigenvalue weighted by Gasteiger charge is 2.06. The van der Waals surface area contributed by atoms with Crippen molar-refractivity contribution in [3.63, 3.8) is 0 Å². The molecule has 0 aliphatic rings. The molecule has 0 saturated heterocycles. The third kappa shape index (κ3) is 3.15. The van der Waals surface area contributed by atoms with Crippen molar-refractivity contribution in [1.82, 2.24) is 4.98 Å². The number of hydrogen-bond donors (Lipinski definition) is 0. The molecule has 0 bridgehead atoms. The lowest BCUT2D eigenvalue weighted by molar-refractivity contribution is 0.146. The van der Waals surface area contributed by atoms with Crippen LogP contribution in [0.2, 0.25) is 0 Å². The minimum atomic E-state index is -2.47. The Kier molecular flexibility index (Phi) is 5.57. The second-order valence-corrected chi connectivity index (χ2v) is 2.59. The first-order valence-corrected chi connectivity index (χ1v) is 4.15. The third-order valence-electron chi connectivity index (χ3n) is 1.23. The molecule has 0 N–H and O–H groups in total. The van der Waals surface area contributed by atoms with Gasteiger partial charge < -0.3 is 0 Å². The first-order chi connectivity index (χ1) is 5.24. The summed E-state index contributed by atoms with van der Waals surface area (Å²) in [5.74, 6) is 0. The summed E-state index contributed by atoms with van der Waals surface area (Å²) >= 11 is 3.19. The lowest BCUT2D eigenvalue weighted by Gasteiger charge is -1.98. The number of halogens is 4. The van der Waals surface area contributed by atoms with E-state index in [9.17, 15) is 8.78 Å². The van der Waals surface area contributed by atoms with Crippen molar-refractivity contribution < 1.29 is 8.78 Å². The molecule has 0 atom stereocenters. The highest BCUT2D eigenvalue weighted by atomic mass is 79.9. The normalized spacial score (nSPS) is 9.67. The fourth-order valence-corrected chi connectivity index (χ4v) is 0.976. The number of nitrogens with zero attached hydrogens (tertiary/aromatic N) is 1. The SMILES string of the molecule is Br.FC(F)c1ccc(CBr)cn1. The van der Waals surface area contributed by atoms with Crippen LogP contribution in [0.4, 0.5) is 8.78 Å². The number of alkyl halides is 3. The molecule has 12 heavy (non-hydrogen) atoms. The van der Waals surface area contributed by atoms with Crippen molar-refractivity contribution in [2.45, 2.75) is 11.8 Å². The molecule has 0 aromatic carbocycles. The van der Waals surface area contributed by atoms with Crippen molar-refractivity contribution in [3.05, 3.63) is 29.6 Å². The summed E-state index contributed by atoms with van der Waals surface area (Å²) in [5.41, 5.74) is 0.726. The van der Waals surface area contributed by atoms with Crippen LogP contribution in [0.5, 0.6) is 0 Å². The van der Waals surface area contributed by atoms with E-state index in [0.717, 1.165) is 5.56 Å². The maximum absolute atomic E-state index is 11.9. The minimum Gasteiger partial charge on any atom is -0.255 e. The maximum atomic E-state index is 11.9. The van der Waals surface area contributed by atoms with Gasteiger partial charge in [0.2, 0.25) is 0 Å². The van der Waals surface area contributed by atoms with Gasteiger partial charge in [-0.1, -0.05) is 22.0 Å². The molecule has 0 radical (unpaired) electrons. The number of rotatable bonds is 2. The standard InChI is InChI=1S/C7H6BrF2N.BrH/c8-3-5-1-2-6(7(9)10)11-4-5;/h1-2,4,7H,3H2;1H. The van der Waals surface area contributed by atoms with Crippen molar-refractivity contribution in [1.29, 1.82) is 0 Å². The van der Waals surface area contributed by atoms with Gasteiger partial charge in [-0.2, -0.15) is 0 Å². The molecule has 1 heterocycles. The van der Waals surface area contributed by atoms with E-state index < -0.39 is 6.43 Å². The summed E-state index contributed by atoms with van der Waals surface area (Å²) in [6.07, 6.45) is -1.03. The Labute approximate surface area is 88.1 Å². The van der Waals surface area contributed by atoms with E-state index in [0.29, 0.717) is 5.33 Å².